The van der Waals surface area contributed by atoms with Crippen LogP contribution in [0.1, 0.15) is 37.5 Å². The molecule has 0 bridgehead atoms. The molecule has 0 saturated carbocycles. The Morgan fingerprint density at radius 2 is 2.16 bits per heavy atom. The first-order valence-electron chi connectivity index (χ1n) is 9.23. The fraction of sp³-hybridized carbons (Fsp3) is 0.526. The van der Waals surface area contributed by atoms with Gasteiger partial charge in [0.2, 0.25) is 5.91 Å². The van der Waals surface area contributed by atoms with E-state index in [1.807, 2.05) is 30.0 Å². The summed E-state index contributed by atoms with van der Waals surface area (Å²) in [5, 5.41) is 12.1. The predicted octanol–water partition coefficient (Wildman–Crippen LogP) is 1.72. The van der Waals surface area contributed by atoms with Crippen LogP contribution < -0.4 is 10.2 Å². The van der Waals surface area contributed by atoms with E-state index in [2.05, 4.69) is 33.1 Å². The van der Waals surface area contributed by atoms with E-state index >= 15 is 0 Å². The summed E-state index contributed by atoms with van der Waals surface area (Å²) < 4.78 is 2.21. The van der Waals surface area contributed by atoms with Crippen LogP contribution in [0.15, 0.2) is 24.3 Å². The van der Waals surface area contributed by atoms with Crippen LogP contribution in [0.25, 0.3) is 0 Å². The third kappa shape index (κ3) is 2.95. The second-order valence-electron chi connectivity index (χ2n) is 6.99. The lowest BCUT2D eigenvalue weighted by Gasteiger charge is -2.29. The van der Waals surface area contributed by atoms with Crippen LogP contribution in [-0.2, 0) is 30.6 Å². The standard InChI is InChI=1S/C19H25N5O/c1-3-17-21-22-18-9-8-15(12-24(17)18)20-13(2)19(25)23-11-10-14-6-4-5-7-16(14)23/h4-7,13,15,20H,3,8-12H2,1-2H3/t13-,15+/m0/s1. The van der Waals surface area contributed by atoms with Gasteiger partial charge in [-0.05, 0) is 31.4 Å². The molecule has 132 valence electrons. The molecule has 0 unspecified atom stereocenters. The number of amides is 1. The van der Waals surface area contributed by atoms with Crippen molar-refractivity contribution in [3.63, 3.8) is 0 Å². The summed E-state index contributed by atoms with van der Waals surface area (Å²) in [5.74, 6) is 2.27. The second kappa shape index (κ2) is 6.59. The van der Waals surface area contributed by atoms with Crippen LogP contribution in [0.4, 0.5) is 5.69 Å². The lowest BCUT2D eigenvalue weighted by Crippen LogP contribution is -2.50. The van der Waals surface area contributed by atoms with E-state index in [1.54, 1.807) is 0 Å². The van der Waals surface area contributed by atoms with Gasteiger partial charge in [0.25, 0.3) is 0 Å². The van der Waals surface area contributed by atoms with Crippen LogP contribution in [-0.4, -0.2) is 39.3 Å². The topological polar surface area (TPSA) is 63.1 Å². The molecule has 2 aliphatic heterocycles. The lowest BCUT2D eigenvalue weighted by atomic mass is 10.1. The number of nitrogens with zero attached hydrogens (tertiary/aromatic N) is 4. The quantitative estimate of drug-likeness (QED) is 0.921. The highest BCUT2D eigenvalue weighted by atomic mass is 16.2. The average molecular weight is 339 g/mol. The van der Waals surface area contributed by atoms with Gasteiger partial charge in [0.05, 0.1) is 6.04 Å². The van der Waals surface area contributed by atoms with Gasteiger partial charge >= 0.3 is 0 Å². The van der Waals surface area contributed by atoms with Gasteiger partial charge in [0.15, 0.2) is 0 Å². The van der Waals surface area contributed by atoms with Crippen molar-refractivity contribution >= 4 is 11.6 Å². The smallest absolute Gasteiger partial charge is 0.243 e. The molecule has 2 aliphatic rings. The number of carbonyl (C=O) groups is 1. The van der Waals surface area contributed by atoms with E-state index in [1.165, 1.54) is 5.56 Å². The molecular weight excluding hydrogens is 314 g/mol. The van der Waals surface area contributed by atoms with Crippen molar-refractivity contribution in [1.29, 1.82) is 0 Å². The average Bonchev–Trinajstić information content (AvgIpc) is 3.24. The van der Waals surface area contributed by atoms with Crippen molar-refractivity contribution in [1.82, 2.24) is 20.1 Å². The predicted molar refractivity (Wildman–Crippen MR) is 96.6 cm³/mol. The summed E-state index contributed by atoms with van der Waals surface area (Å²) in [7, 11) is 0. The molecule has 25 heavy (non-hydrogen) atoms. The largest absolute Gasteiger partial charge is 0.313 e. The lowest BCUT2D eigenvalue weighted by molar-refractivity contribution is -0.120. The van der Waals surface area contributed by atoms with Crippen LogP contribution in [0.3, 0.4) is 0 Å². The molecule has 1 amide bonds. The van der Waals surface area contributed by atoms with Gasteiger partial charge in [-0.25, -0.2) is 0 Å². The summed E-state index contributed by atoms with van der Waals surface area (Å²) in [6, 6.07) is 8.29. The third-order valence-electron chi connectivity index (χ3n) is 5.35. The Labute approximate surface area is 148 Å². The van der Waals surface area contributed by atoms with Gasteiger partial charge < -0.3 is 14.8 Å². The van der Waals surface area contributed by atoms with Gasteiger partial charge in [-0.15, -0.1) is 10.2 Å². The Hall–Kier alpha value is -2.21. The molecule has 0 radical (unpaired) electrons. The minimum Gasteiger partial charge on any atom is -0.313 e. The molecule has 6 heteroatoms. The number of nitrogens with one attached hydrogen (secondary N) is 1. The minimum absolute atomic E-state index is 0.162. The first-order chi connectivity index (χ1) is 12.2. The maximum Gasteiger partial charge on any atom is 0.243 e. The number of hydrogen-bond donors (Lipinski definition) is 1. The number of aryl methyl sites for hydroxylation is 2. The zero-order valence-corrected chi connectivity index (χ0v) is 14.9. The fourth-order valence-corrected chi connectivity index (χ4v) is 4.01. The minimum atomic E-state index is -0.195. The van der Waals surface area contributed by atoms with Gasteiger partial charge in [-0.3, -0.25) is 4.79 Å². The van der Waals surface area contributed by atoms with Crippen LogP contribution in [0, 0.1) is 0 Å². The number of anilines is 1. The summed E-state index contributed by atoms with van der Waals surface area (Å²) >= 11 is 0. The highest BCUT2D eigenvalue weighted by Crippen LogP contribution is 2.28. The van der Waals surface area contributed by atoms with Gasteiger partial charge in [-0.1, -0.05) is 25.1 Å². The molecule has 1 N–H and O–H groups in total. The Bertz CT molecular complexity index is 770. The first-order valence-corrected chi connectivity index (χ1v) is 9.23. The summed E-state index contributed by atoms with van der Waals surface area (Å²) in [6.45, 7) is 5.71. The van der Waals surface area contributed by atoms with E-state index in [9.17, 15) is 4.79 Å². The number of fused-ring (bicyclic) bond motifs is 2. The monoisotopic (exact) mass is 339 g/mol. The van der Waals surface area contributed by atoms with E-state index in [4.69, 9.17) is 0 Å². The van der Waals surface area contributed by atoms with Gasteiger partial charge in [-0.2, -0.15) is 0 Å². The molecule has 2 atom stereocenters. The van der Waals surface area contributed by atoms with Crippen molar-refractivity contribution in [3.8, 4) is 0 Å². The van der Waals surface area contributed by atoms with Crippen LogP contribution in [0.5, 0.6) is 0 Å². The molecule has 3 heterocycles. The molecule has 0 fully saturated rings. The number of carbonyl (C=O) groups excluding carboxylic acids is 1. The number of hydrogen-bond acceptors (Lipinski definition) is 4. The summed E-state index contributed by atoms with van der Waals surface area (Å²) in [6.07, 6.45) is 3.74. The molecule has 6 nitrogen and oxygen atoms in total. The SMILES string of the molecule is CCc1nnc2n1C[C@H](N[C@@H](C)C(=O)N1CCc3ccccc31)CC2. The maximum absolute atomic E-state index is 12.9. The molecule has 1 aromatic carbocycles. The molecule has 0 aliphatic carbocycles. The maximum atomic E-state index is 12.9. The highest BCUT2D eigenvalue weighted by Gasteiger charge is 2.30. The van der Waals surface area contributed by atoms with Gasteiger partial charge in [0, 0.05) is 37.7 Å². The van der Waals surface area contributed by atoms with E-state index < -0.39 is 0 Å². The first kappa shape index (κ1) is 16.3. The Morgan fingerprint density at radius 1 is 1.32 bits per heavy atom. The summed E-state index contributed by atoms with van der Waals surface area (Å²) in [5.41, 5.74) is 2.33. The third-order valence-corrected chi connectivity index (χ3v) is 5.35. The highest BCUT2D eigenvalue weighted by molar-refractivity contribution is 5.98. The molecule has 1 aromatic heterocycles. The number of para-hydroxylation sites is 1. The van der Waals surface area contributed by atoms with Gasteiger partial charge in [0.1, 0.15) is 11.6 Å². The number of aromatic nitrogens is 3. The van der Waals surface area contributed by atoms with Crippen molar-refractivity contribution in [2.45, 2.75) is 58.2 Å². The molecule has 2 aromatic rings. The Kier molecular flexibility index (Phi) is 4.29. The van der Waals surface area contributed by atoms with E-state index in [-0.39, 0.29) is 18.0 Å². The second-order valence-corrected chi connectivity index (χ2v) is 6.99. The van der Waals surface area contributed by atoms with Crippen molar-refractivity contribution in [2.75, 3.05) is 11.4 Å². The van der Waals surface area contributed by atoms with Crippen LogP contribution >= 0.6 is 0 Å². The van der Waals surface area contributed by atoms with Crippen molar-refractivity contribution in [2.24, 2.45) is 0 Å². The number of rotatable bonds is 4. The molecule has 0 spiro atoms. The van der Waals surface area contributed by atoms with Crippen LogP contribution in [0.2, 0.25) is 0 Å². The molecule has 4 rings (SSSR count). The molecule has 0 saturated heterocycles. The summed E-state index contributed by atoms with van der Waals surface area (Å²) in [4.78, 5) is 14.9. The van der Waals surface area contributed by atoms with E-state index in [0.29, 0.717) is 0 Å². The van der Waals surface area contributed by atoms with E-state index in [0.717, 1.165) is 56.1 Å². The Morgan fingerprint density at radius 3 is 3.00 bits per heavy atom. The zero-order chi connectivity index (χ0) is 17.4. The normalized spacial score (nSPS) is 20.2. The zero-order valence-electron chi connectivity index (χ0n) is 14.9. The number of benzene rings is 1. The van der Waals surface area contributed by atoms with Crippen molar-refractivity contribution in [3.05, 3.63) is 41.5 Å². The van der Waals surface area contributed by atoms with Crippen molar-refractivity contribution < 1.29 is 4.79 Å². The Balaban J connectivity index is 1.43. The molecular formula is C19H25N5O. The fourth-order valence-electron chi connectivity index (χ4n) is 4.01.